The smallest absolute Gasteiger partial charge is 0.138 e. The van der Waals surface area contributed by atoms with Crippen molar-refractivity contribution in [1.82, 2.24) is 5.73 Å². The Morgan fingerprint density at radius 1 is 1.56 bits per heavy atom. The van der Waals surface area contributed by atoms with Crippen molar-refractivity contribution in [2.24, 2.45) is 5.73 Å². The summed E-state index contributed by atoms with van der Waals surface area (Å²) in [6, 6.07) is -0.531. The van der Waals surface area contributed by atoms with E-state index in [-0.39, 0.29) is 0 Å². The highest BCUT2D eigenvalue weighted by Crippen LogP contribution is 1.95. The molecule has 0 aliphatic rings. The summed E-state index contributed by atoms with van der Waals surface area (Å²) in [6.07, 6.45) is 3.13. The van der Waals surface area contributed by atoms with Gasteiger partial charge in [0.25, 0.3) is 0 Å². The molecule has 0 aromatic rings. The Kier molecular flexibility index (Phi) is 5.46. The van der Waals surface area contributed by atoms with Crippen molar-refractivity contribution in [2.45, 2.75) is 25.3 Å². The van der Waals surface area contributed by atoms with Gasteiger partial charge in [-0.25, -0.2) is 5.73 Å². The molecule has 0 spiro atoms. The molecule has 3 nitrogen and oxygen atoms in total. The Morgan fingerprint density at radius 2 is 2.22 bits per heavy atom. The number of hydrogen-bond acceptors (Lipinski definition) is 2. The minimum Gasteiger partial charge on any atom is -0.330 e. The molecular formula is C6H13N2O. The summed E-state index contributed by atoms with van der Waals surface area (Å²) >= 11 is 0. The maximum absolute atomic E-state index is 9.88. The predicted octanol–water partition coefficient (Wildman–Crippen LogP) is -0.0342. The molecule has 3 heteroatoms. The zero-order valence-corrected chi connectivity index (χ0v) is 5.47. The average Bonchev–Trinajstić information content (AvgIpc) is 1.89. The van der Waals surface area contributed by atoms with E-state index in [1.807, 2.05) is 0 Å². The van der Waals surface area contributed by atoms with Gasteiger partial charge in [0.15, 0.2) is 0 Å². The Labute approximate surface area is 55.4 Å². The van der Waals surface area contributed by atoms with Gasteiger partial charge >= 0.3 is 0 Å². The fourth-order valence-corrected chi connectivity index (χ4v) is 0.577. The van der Waals surface area contributed by atoms with Crippen LogP contribution in [0.5, 0.6) is 0 Å². The van der Waals surface area contributed by atoms with Crippen LogP contribution in [0.2, 0.25) is 0 Å². The molecule has 1 radical (unpaired) electrons. The Morgan fingerprint density at radius 3 is 2.67 bits per heavy atom. The van der Waals surface area contributed by atoms with Crippen LogP contribution in [0.15, 0.2) is 0 Å². The maximum atomic E-state index is 9.88. The standard InChI is InChI=1S/C6H13N2O/c7-4-2-1-3-6(8)5-9/h5-6,8H,1-4,7H2. The minimum absolute atomic E-state index is 0.531. The van der Waals surface area contributed by atoms with Crippen LogP contribution < -0.4 is 11.5 Å². The number of nitrogens with one attached hydrogen (secondary N) is 1. The number of carbonyl (C=O) groups is 1. The molecule has 0 aliphatic carbocycles. The molecule has 0 aromatic heterocycles. The topological polar surface area (TPSA) is 66.9 Å². The summed E-state index contributed by atoms with van der Waals surface area (Å²) < 4.78 is 0. The lowest BCUT2D eigenvalue weighted by molar-refractivity contribution is -0.109. The molecule has 0 saturated carbocycles. The van der Waals surface area contributed by atoms with E-state index in [0.29, 0.717) is 19.3 Å². The third kappa shape index (κ3) is 5.46. The summed E-state index contributed by atoms with van der Waals surface area (Å²) in [5, 5.41) is 0. The van der Waals surface area contributed by atoms with Crippen LogP contribution in [0, 0.1) is 0 Å². The highest BCUT2D eigenvalue weighted by atomic mass is 16.1. The average molecular weight is 129 g/mol. The molecule has 1 atom stereocenters. The third-order valence-corrected chi connectivity index (χ3v) is 1.13. The van der Waals surface area contributed by atoms with Crippen LogP contribution in [0.3, 0.4) is 0 Å². The fraction of sp³-hybridized carbons (Fsp3) is 0.833. The highest BCUT2D eigenvalue weighted by Gasteiger charge is 1.97. The number of nitrogens with two attached hydrogens (primary N) is 1. The van der Waals surface area contributed by atoms with Gasteiger partial charge in [0.2, 0.25) is 0 Å². The van der Waals surface area contributed by atoms with Gasteiger partial charge < -0.3 is 10.5 Å². The molecule has 0 fully saturated rings. The van der Waals surface area contributed by atoms with Gasteiger partial charge in [0, 0.05) is 0 Å². The van der Waals surface area contributed by atoms with Gasteiger partial charge in [0.1, 0.15) is 6.29 Å². The Hall–Kier alpha value is -0.410. The molecule has 53 valence electrons. The highest BCUT2D eigenvalue weighted by molar-refractivity contribution is 5.56. The Bertz CT molecular complexity index is 75.5. The molecule has 0 heterocycles. The van der Waals surface area contributed by atoms with Gasteiger partial charge in [-0.05, 0) is 19.4 Å². The monoisotopic (exact) mass is 129 g/mol. The lowest BCUT2D eigenvalue weighted by Gasteiger charge is -1.99. The first kappa shape index (κ1) is 8.59. The zero-order valence-electron chi connectivity index (χ0n) is 5.47. The first-order chi connectivity index (χ1) is 4.31. The maximum Gasteiger partial charge on any atom is 0.138 e. The predicted molar refractivity (Wildman–Crippen MR) is 35.9 cm³/mol. The SMILES string of the molecule is [NH]C(C=O)CCCCN. The zero-order chi connectivity index (χ0) is 7.11. The number of hydrogen-bond donors (Lipinski definition) is 1. The quantitative estimate of drug-likeness (QED) is 0.418. The van der Waals surface area contributed by atoms with Crippen molar-refractivity contribution in [2.75, 3.05) is 6.54 Å². The molecule has 0 amide bonds. The van der Waals surface area contributed by atoms with Crippen molar-refractivity contribution < 1.29 is 4.79 Å². The van der Waals surface area contributed by atoms with Crippen molar-refractivity contribution in [3.05, 3.63) is 0 Å². The van der Waals surface area contributed by atoms with Gasteiger partial charge in [-0.15, -0.1) is 0 Å². The van der Waals surface area contributed by atoms with E-state index in [9.17, 15) is 4.79 Å². The number of unbranched alkanes of at least 4 members (excludes halogenated alkanes) is 1. The first-order valence-electron chi connectivity index (χ1n) is 3.17. The molecular weight excluding hydrogens is 116 g/mol. The molecule has 0 bridgehead atoms. The van der Waals surface area contributed by atoms with Gasteiger partial charge in [0.05, 0.1) is 6.04 Å². The molecule has 0 saturated heterocycles. The fourth-order valence-electron chi connectivity index (χ4n) is 0.577. The largest absolute Gasteiger partial charge is 0.330 e. The van der Waals surface area contributed by atoms with Gasteiger partial charge in [-0.1, -0.05) is 6.42 Å². The van der Waals surface area contributed by atoms with E-state index >= 15 is 0 Å². The van der Waals surface area contributed by atoms with Gasteiger partial charge in [-0.3, -0.25) is 0 Å². The number of carbonyl (C=O) groups excluding carboxylic acids is 1. The molecule has 0 aromatic carbocycles. The summed E-state index contributed by atoms with van der Waals surface area (Å²) in [7, 11) is 0. The van der Waals surface area contributed by atoms with Crippen LogP contribution >= 0.6 is 0 Å². The van der Waals surface area contributed by atoms with Crippen LogP contribution in [0.4, 0.5) is 0 Å². The van der Waals surface area contributed by atoms with E-state index in [4.69, 9.17) is 11.5 Å². The lowest BCUT2D eigenvalue weighted by Crippen LogP contribution is -2.10. The van der Waals surface area contributed by atoms with Crippen molar-refractivity contribution in [1.29, 1.82) is 0 Å². The summed E-state index contributed by atoms with van der Waals surface area (Å²) in [4.78, 5) is 9.88. The summed E-state index contributed by atoms with van der Waals surface area (Å²) in [5.41, 5.74) is 12.2. The molecule has 0 rings (SSSR count). The normalized spacial score (nSPS) is 13.1. The lowest BCUT2D eigenvalue weighted by atomic mass is 10.1. The third-order valence-electron chi connectivity index (χ3n) is 1.13. The van der Waals surface area contributed by atoms with Crippen LogP contribution in [0.25, 0.3) is 0 Å². The van der Waals surface area contributed by atoms with Gasteiger partial charge in [-0.2, -0.15) is 0 Å². The van der Waals surface area contributed by atoms with Crippen molar-refractivity contribution in [3.63, 3.8) is 0 Å². The Balaban J connectivity index is 2.96. The van der Waals surface area contributed by atoms with Crippen molar-refractivity contribution in [3.8, 4) is 0 Å². The summed E-state index contributed by atoms with van der Waals surface area (Å²) in [6.45, 7) is 0.658. The van der Waals surface area contributed by atoms with E-state index in [2.05, 4.69) is 0 Å². The molecule has 0 aliphatic heterocycles. The van der Waals surface area contributed by atoms with E-state index in [1.54, 1.807) is 0 Å². The molecule has 3 N–H and O–H groups in total. The van der Waals surface area contributed by atoms with E-state index in [1.165, 1.54) is 0 Å². The summed E-state index contributed by atoms with van der Waals surface area (Å²) in [5.74, 6) is 0. The van der Waals surface area contributed by atoms with E-state index in [0.717, 1.165) is 12.8 Å². The van der Waals surface area contributed by atoms with Crippen LogP contribution in [0.1, 0.15) is 19.3 Å². The minimum atomic E-state index is -0.531. The first-order valence-corrected chi connectivity index (χ1v) is 3.17. The number of aldehydes is 1. The van der Waals surface area contributed by atoms with E-state index < -0.39 is 6.04 Å². The van der Waals surface area contributed by atoms with Crippen molar-refractivity contribution >= 4 is 6.29 Å². The second kappa shape index (κ2) is 5.72. The number of rotatable bonds is 5. The van der Waals surface area contributed by atoms with Crippen LogP contribution in [-0.2, 0) is 4.79 Å². The second-order valence-corrected chi connectivity index (χ2v) is 2.03. The second-order valence-electron chi connectivity index (χ2n) is 2.03. The van der Waals surface area contributed by atoms with Crippen LogP contribution in [-0.4, -0.2) is 18.9 Å². The molecule has 1 unspecified atom stereocenters. The molecule has 9 heavy (non-hydrogen) atoms.